The number of halogens is 3. The van der Waals surface area contributed by atoms with Gasteiger partial charge in [0.05, 0.1) is 17.7 Å². The summed E-state index contributed by atoms with van der Waals surface area (Å²) in [5.74, 6) is -1.89. The first-order chi connectivity index (χ1) is 14.2. The van der Waals surface area contributed by atoms with Crippen molar-refractivity contribution < 1.29 is 32.2 Å². The highest BCUT2D eigenvalue weighted by molar-refractivity contribution is 7.17. The van der Waals surface area contributed by atoms with Crippen LogP contribution in [0.1, 0.15) is 38.1 Å². The Hall–Kier alpha value is -3.20. The highest BCUT2D eigenvalue weighted by Crippen LogP contribution is 2.34. The molecular weight excluding hydrogens is 419 g/mol. The fourth-order valence-corrected chi connectivity index (χ4v) is 3.36. The van der Waals surface area contributed by atoms with Gasteiger partial charge in [-0.25, -0.2) is 14.6 Å². The first-order valence-electron chi connectivity index (χ1n) is 8.83. The van der Waals surface area contributed by atoms with Crippen molar-refractivity contribution in [2.45, 2.75) is 20.0 Å². The van der Waals surface area contributed by atoms with Crippen LogP contribution in [0.5, 0.6) is 5.88 Å². The summed E-state index contributed by atoms with van der Waals surface area (Å²) in [4.78, 5) is 28.9. The van der Waals surface area contributed by atoms with Crippen molar-refractivity contribution in [2.24, 2.45) is 0 Å². The number of carbonyl (C=O) groups is 2. The van der Waals surface area contributed by atoms with Crippen molar-refractivity contribution >= 4 is 23.3 Å². The van der Waals surface area contributed by atoms with Crippen LogP contribution in [0.4, 0.5) is 13.2 Å². The van der Waals surface area contributed by atoms with Gasteiger partial charge in [0.15, 0.2) is 4.88 Å². The van der Waals surface area contributed by atoms with Crippen LogP contribution < -0.4 is 4.74 Å². The van der Waals surface area contributed by atoms with Crippen LogP contribution in [0.2, 0.25) is 0 Å². The van der Waals surface area contributed by atoms with E-state index in [4.69, 9.17) is 9.47 Å². The summed E-state index contributed by atoms with van der Waals surface area (Å²) in [7, 11) is 0. The third kappa shape index (κ3) is 4.85. The van der Waals surface area contributed by atoms with E-state index < -0.39 is 23.7 Å². The molecule has 0 aliphatic heterocycles. The molecule has 0 radical (unpaired) electrons. The van der Waals surface area contributed by atoms with Crippen molar-refractivity contribution in [2.75, 3.05) is 6.61 Å². The van der Waals surface area contributed by atoms with Gasteiger partial charge in [-0.2, -0.15) is 13.2 Å². The highest BCUT2D eigenvalue weighted by atomic mass is 32.1. The van der Waals surface area contributed by atoms with E-state index in [1.807, 2.05) is 31.2 Å². The van der Waals surface area contributed by atoms with Crippen LogP contribution in [0.25, 0.3) is 10.6 Å². The van der Waals surface area contributed by atoms with Gasteiger partial charge in [0, 0.05) is 5.56 Å². The van der Waals surface area contributed by atoms with Gasteiger partial charge in [0.1, 0.15) is 5.01 Å². The molecule has 1 heterocycles. The Morgan fingerprint density at radius 2 is 1.63 bits per heavy atom. The lowest BCUT2D eigenvalue weighted by Crippen LogP contribution is -2.13. The van der Waals surface area contributed by atoms with Crippen LogP contribution in [0, 0.1) is 6.92 Å². The summed E-state index contributed by atoms with van der Waals surface area (Å²) in [6.45, 7) is 3.67. The number of nitrogens with zero attached hydrogens (tertiary/aromatic N) is 1. The maximum Gasteiger partial charge on any atom is 0.416 e. The van der Waals surface area contributed by atoms with E-state index in [1.165, 1.54) is 0 Å². The average Bonchev–Trinajstić information content (AvgIpc) is 3.12. The van der Waals surface area contributed by atoms with Crippen molar-refractivity contribution in [3.8, 4) is 16.5 Å². The molecule has 156 valence electrons. The maximum absolute atomic E-state index is 12.7. The topological polar surface area (TPSA) is 65.5 Å². The summed E-state index contributed by atoms with van der Waals surface area (Å²) in [6.07, 6.45) is -4.52. The molecule has 2 aromatic carbocycles. The van der Waals surface area contributed by atoms with E-state index in [9.17, 15) is 22.8 Å². The van der Waals surface area contributed by atoms with Gasteiger partial charge < -0.3 is 9.47 Å². The normalized spacial score (nSPS) is 11.2. The molecule has 0 saturated carbocycles. The van der Waals surface area contributed by atoms with Gasteiger partial charge in [0.25, 0.3) is 0 Å². The van der Waals surface area contributed by atoms with E-state index >= 15 is 0 Å². The molecule has 9 heteroatoms. The van der Waals surface area contributed by atoms with Gasteiger partial charge in [-0.05, 0) is 38.1 Å². The Kier molecular flexibility index (Phi) is 6.21. The molecule has 0 N–H and O–H groups in total. The van der Waals surface area contributed by atoms with Crippen LogP contribution >= 0.6 is 11.3 Å². The number of esters is 2. The zero-order valence-electron chi connectivity index (χ0n) is 15.9. The van der Waals surface area contributed by atoms with Crippen LogP contribution in [-0.2, 0) is 10.9 Å². The molecule has 0 atom stereocenters. The van der Waals surface area contributed by atoms with E-state index in [1.54, 1.807) is 6.92 Å². The number of alkyl halides is 3. The predicted octanol–water partition coefficient (Wildman–Crippen LogP) is 5.53. The molecule has 0 spiro atoms. The number of ether oxygens (including phenoxy) is 2. The molecule has 3 rings (SSSR count). The minimum absolute atomic E-state index is 0.00677. The number of aryl methyl sites for hydroxylation is 1. The SMILES string of the molecule is CCOC(=O)c1sc(-c2ccc(C)cc2)nc1OC(=O)c1ccc(C(F)(F)F)cc1. The standard InChI is InChI=1S/C21H16F3NO4S/c1-3-28-20(27)16-17(25-18(30-16)13-6-4-12(2)5-7-13)29-19(26)14-8-10-15(11-9-14)21(22,23)24/h4-11H,3H2,1-2H3. The molecule has 0 fully saturated rings. The maximum atomic E-state index is 12.7. The second-order valence-electron chi connectivity index (χ2n) is 6.20. The van der Waals surface area contributed by atoms with Crippen LogP contribution in [-0.4, -0.2) is 23.5 Å². The first-order valence-corrected chi connectivity index (χ1v) is 9.65. The number of hydrogen-bond donors (Lipinski definition) is 0. The van der Waals surface area contributed by atoms with Gasteiger partial charge in [-0.15, -0.1) is 11.3 Å². The fourth-order valence-electron chi connectivity index (χ4n) is 2.46. The minimum Gasteiger partial charge on any atom is -0.462 e. The van der Waals surface area contributed by atoms with E-state index in [0.29, 0.717) is 10.6 Å². The molecule has 0 aliphatic carbocycles. The van der Waals surface area contributed by atoms with Crippen molar-refractivity contribution in [3.63, 3.8) is 0 Å². The fraction of sp³-hybridized carbons (Fsp3) is 0.190. The summed E-state index contributed by atoms with van der Waals surface area (Å²) in [6, 6.07) is 10.9. The Labute approximate surface area is 174 Å². The third-order valence-corrected chi connectivity index (χ3v) is 5.06. The van der Waals surface area contributed by atoms with Gasteiger partial charge in [-0.3, -0.25) is 0 Å². The van der Waals surface area contributed by atoms with Crippen molar-refractivity contribution in [1.82, 2.24) is 4.98 Å². The lowest BCUT2D eigenvalue weighted by atomic mass is 10.1. The second kappa shape index (κ2) is 8.66. The van der Waals surface area contributed by atoms with Crippen LogP contribution in [0.15, 0.2) is 48.5 Å². The van der Waals surface area contributed by atoms with Gasteiger partial charge >= 0.3 is 18.1 Å². The summed E-state index contributed by atoms with van der Waals surface area (Å²) in [5.41, 5.74) is 0.757. The smallest absolute Gasteiger partial charge is 0.416 e. The number of hydrogen-bond acceptors (Lipinski definition) is 6. The number of carbonyl (C=O) groups excluding carboxylic acids is 2. The molecule has 5 nitrogen and oxygen atoms in total. The number of benzene rings is 2. The lowest BCUT2D eigenvalue weighted by Gasteiger charge is -2.07. The molecule has 3 aromatic rings. The Balaban J connectivity index is 1.90. The number of aromatic nitrogens is 1. The lowest BCUT2D eigenvalue weighted by molar-refractivity contribution is -0.137. The molecule has 0 saturated heterocycles. The molecule has 0 bridgehead atoms. The monoisotopic (exact) mass is 435 g/mol. The minimum atomic E-state index is -4.52. The summed E-state index contributed by atoms with van der Waals surface area (Å²) < 4.78 is 48.3. The Morgan fingerprint density at radius 1 is 1.00 bits per heavy atom. The van der Waals surface area contributed by atoms with Crippen molar-refractivity contribution in [1.29, 1.82) is 0 Å². The Morgan fingerprint density at radius 3 is 2.20 bits per heavy atom. The molecule has 0 unspecified atom stereocenters. The summed E-state index contributed by atoms with van der Waals surface area (Å²) >= 11 is 0.998. The highest BCUT2D eigenvalue weighted by Gasteiger charge is 2.30. The largest absolute Gasteiger partial charge is 0.462 e. The molecule has 1 aromatic heterocycles. The zero-order chi connectivity index (χ0) is 21.9. The average molecular weight is 435 g/mol. The Bertz CT molecular complexity index is 1060. The van der Waals surface area contributed by atoms with Crippen molar-refractivity contribution in [3.05, 3.63) is 70.1 Å². The molecular formula is C21H16F3NO4S. The first kappa shape index (κ1) is 21.5. The number of thiazole rings is 1. The van der Waals surface area contributed by atoms with Gasteiger partial charge in [0.2, 0.25) is 5.88 Å². The molecule has 0 aliphatic rings. The van der Waals surface area contributed by atoms with E-state index in [2.05, 4.69) is 4.98 Å². The van der Waals surface area contributed by atoms with Crippen LogP contribution in [0.3, 0.4) is 0 Å². The third-order valence-electron chi connectivity index (χ3n) is 3.99. The molecule has 30 heavy (non-hydrogen) atoms. The van der Waals surface area contributed by atoms with E-state index in [-0.39, 0.29) is 22.9 Å². The predicted molar refractivity (Wildman–Crippen MR) is 105 cm³/mol. The summed E-state index contributed by atoms with van der Waals surface area (Å²) in [5, 5.41) is 0.438. The zero-order valence-corrected chi connectivity index (χ0v) is 16.8. The van der Waals surface area contributed by atoms with E-state index in [0.717, 1.165) is 41.2 Å². The molecule has 0 amide bonds. The number of rotatable bonds is 5. The van der Waals surface area contributed by atoms with Gasteiger partial charge in [-0.1, -0.05) is 29.8 Å². The second-order valence-corrected chi connectivity index (χ2v) is 7.20. The quantitative estimate of drug-likeness (QED) is 0.493.